The molecule has 358 valence electrons. The van der Waals surface area contributed by atoms with Crippen LogP contribution in [0.2, 0.25) is 0 Å². The molecule has 2 aliphatic heterocycles. The minimum absolute atomic E-state index is 0.0469. The zero-order valence-electron chi connectivity index (χ0n) is 37.7. The molecule has 7 aromatic carbocycles. The van der Waals surface area contributed by atoms with Gasteiger partial charge in [-0.3, -0.25) is 4.79 Å². The van der Waals surface area contributed by atoms with E-state index in [9.17, 15) is 24.5 Å². The van der Waals surface area contributed by atoms with E-state index in [0.29, 0.717) is 33.9 Å². The van der Waals surface area contributed by atoms with Crippen molar-refractivity contribution < 1.29 is 62.1 Å². The Hall–Kier alpha value is -8.27. The molecule has 5 atom stereocenters. The number of ether oxygens (including phenoxy) is 7. The van der Waals surface area contributed by atoms with Gasteiger partial charge in [-0.1, -0.05) is 133 Å². The van der Waals surface area contributed by atoms with E-state index in [4.69, 9.17) is 37.6 Å². The number of benzene rings is 7. The van der Waals surface area contributed by atoms with Crippen molar-refractivity contribution >= 4 is 23.0 Å². The third kappa shape index (κ3) is 9.96. The number of carbonyl (C=O) groups excluding carboxylic acids is 1. The summed E-state index contributed by atoms with van der Waals surface area (Å²) in [5, 5.41) is 33.5. The Kier molecular flexibility index (Phi) is 13.3. The normalized spacial score (nSPS) is 19.1. The molecular weight excluding hydrogens is 912 g/mol. The average molecular weight is 957 g/mol. The maximum Gasteiger partial charge on any atom is 0.330 e. The van der Waals surface area contributed by atoms with E-state index in [1.54, 1.807) is 30.3 Å². The topological polar surface area (TPSA) is 173 Å². The molecule has 10 rings (SSSR count). The Bertz CT molecular complexity index is 3180. The first-order valence-electron chi connectivity index (χ1n) is 22.7. The van der Waals surface area contributed by atoms with E-state index in [0.717, 1.165) is 17.2 Å². The van der Waals surface area contributed by atoms with Crippen LogP contribution in [0, 0.1) is 5.82 Å². The molecule has 71 heavy (non-hydrogen) atoms. The van der Waals surface area contributed by atoms with Crippen LogP contribution in [0.4, 0.5) is 4.39 Å². The standard InChI is InChI=1S/C57H45FO13/c58-41-25-21-35(22-26-41)23-28-48(59)66-34-47-50(60)52(62)53(63)56(68-47)69-55-51(61)49-45(65-33-37-15-7-2-8-16-37)30-42(64-32-36-13-5-1-6-14-36)31-46(49)67-54(55)38-24-27-43-44(29-38)71-57(70-43,39-17-9-3-10-18-39)40-19-11-4-12-20-40/h1-31,47,50,52-53,56,60,62-63H,32-34H2/b28-23+/t47-,50+,52+,53-,56+/m1/s1. The molecule has 0 aliphatic carbocycles. The lowest BCUT2D eigenvalue weighted by Crippen LogP contribution is -2.60. The molecule has 8 aromatic rings. The van der Waals surface area contributed by atoms with Gasteiger partial charge in [0.15, 0.2) is 17.3 Å². The van der Waals surface area contributed by atoms with Crippen LogP contribution in [-0.2, 0) is 33.3 Å². The largest absolute Gasteiger partial charge is 0.489 e. The van der Waals surface area contributed by atoms with Crippen molar-refractivity contribution in [3.05, 3.63) is 226 Å². The zero-order valence-corrected chi connectivity index (χ0v) is 37.7. The number of aliphatic hydroxyl groups is 3. The van der Waals surface area contributed by atoms with Crippen molar-refractivity contribution in [3.8, 4) is 40.1 Å². The predicted octanol–water partition coefficient (Wildman–Crippen LogP) is 8.87. The van der Waals surface area contributed by atoms with Crippen molar-refractivity contribution in [3.63, 3.8) is 0 Å². The second-order valence-corrected chi connectivity index (χ2v) is 16.8. The van der Waals surface area contributed by atoms with E-state index in [1.165, 1.54) is 30.3 Å². The first kappa shape index (κ1) is 46.5. The third-order valence-corrected chi connectivity index (χ3v) is 12.0. The van der Waals surface area contributed by atoms with E-state index in [2.05, 4.69) is 0 Å². The first-order chi connectivity index (χ1) is 34.6. The van der Waals surface area contributed by atoms with Crippen LogP contribution in [0.1, 0.15) is 27.8 Å². The van der Waals surface area contributed by atoms with Crippen LogP contribution in [0.25, 0.3) is 28.4 Å². The predicted molar refractivity (Wildman–Crippen MR) is 258 cm³/mol. The lowest BCUT2D eigenvalue weighted by Gasteiger charge is -2.39. The molecule has 14 heteroatoms. The van der Waals surface area contributed by atoms with E-state index in [-0.39, 0.29) is 41.3 Å². The zero-order chi connectivity index (χ0) is 48.9. The number of fused-ring (bicyclic) bond motifs is 2. The third-order valence-electron chi connectivity index (χ3n) is 12.0. The van der Waals surface area contributed by atoms with Gasteiger partial charge in [0.1, 0.15) is 72.5 Å². The molecule has 2 aliphatic rings. The maximum absolute atomic E-state index is 15.3. The fraction of sp³-hybridized carbons (Fsp3) is 0.158. The number of carbonyl (C=O) groups is 1. The second kappa shape index (κ2) is 20.4. The Balaban J connectivity index is 1.05. The molecule has 3 N–H and O–H groups in total. The second-order valence-electron chi connectivity index (χ2n) is 16.8. The highest BCUT2D eigenvalue weighted by molar-refractivity contribution is 5.89. The Morgan fingerprint density at radius 3 is 1.92 bits per heavy atom. The van der Waals surface area contributed by atoms with E-state index < -0.39 is 66.1 Å². The summed E-state index contributed by atoms with van der Waals surface area (Å²) in [5.74, 6) is -2.23. The molecule has 0 spiro atoms. The van der Waals surface area contributed by atoms with Gasteiger partial charge in [0, 0.05) is 34.9 Å². The minimum Gasteiger partial charge on any atom is -0.489 e. The Labute approximate surface area is 406 Å². The van der Waals surface area contributed by atoms with Gasteiger partial charge in [-0.25, -0.2) is 9.18 Å². The van der Waals surface area contributed by atoms with Crippen LogP contribution < -0.4 is 29.1 Å². The van der Waals surface area contributed by atoms with Crippen molar-refractivity contribution in [2.45, 2.75) is 49.7 Å². The van der Waals surface area contributed by atoms with Gasteiger partial charge in [0.05, 0.1) is 0 Å². The molecular formula is C57H45FO13. The lowest BCUT2D eigenvalue weighted by molar-refractivity contribution is -0.278. The van der Waals surface area contributed by atoms with Crippen LogP contribution in [0.15, 0.2) is 191 Å². The minimum atomic E-state index is -1.94. The Morgan fingerprint density at radius 2 is 1.27 bits per heavy atom. The SMILES string of the molecule is O=C(/C=C/c1ccc(F)cc1)OC[C@H]1O[C@@H](Oc2c(-c3ccc4c(c3)OC(c3ccccc3)(c3ccccc3)O4)oc3cc(OCc4ccccc4)cc(OCc4ccccc4)c3c2=O)[C@H](O)[C@@H](O)[C@H]1O. The molecule has 0 saturated carbocycles. The maximum atomic E-state index is 15.3. The number of aliphatic hydroxyl groups excluding tert-OH is 3. The van der Waals surface area contributed by atoms with Crippen LogP contribution >= 0.6 is 0 Å². The summed E-state index contributed by atoms with van der Waals surface area (Å²) >= 11 is 0. The fourth-order valence-electron chi connectivity index (χ4n) is 8.29. The van der Waals surface area contributed by atoms with Gasteiger partial charge in [-0.2, -0.15) is 0 Å². The number of rotatable bonds is 15. The van der Waals surface area contributed by atoms with Gasteiger partial charge in [-0.05, 0) is 53.1 Å². The summed E-state index contributed by atoms with van der Waals surface area (Å²) < 4.78 is 63.8. The highest BCUT2D eigenvalue weighted by Gasteiger charge is 2.47. The molecule has 0 unspecified atom stereocenters. The van der Waals surface area contributed by atoms with Crippen molar-refractivity contribution in [1.29, 1.82) is 0 Å². The molecule has 1 fully saturated rings. The monoisotopic (exact) mass is 956 g/mol. The summed E-state index contributed by atoms with van der Waals surface area (Å²) in [6.45, 7) is -0.371. The average Bonchev–Trinajstić information content (AvgIpc) is 3.81. The smallest absolute Gasteiger partial charge is 0.330 e. The van der Waals surface area contributed by atoms with Gasteiger partial charge >= 0.3 is 11.8 Å². The van der Waals surface area contributed by atoms with E-state index >= 15 is 4.79 Å². The van der Waals surface area contributed by atoms with Crippen molar-refractivity contribution in [2.24, 2.45) is 0 Å². The van der Waals surface area contributed by atoms with Gasteiger partial charge in [-0.15, -0.1) is 0 Å². The summed E-state index contributed by atoms with van der Waals surface area (Å²) in [5.41, 5.74) is 3.20. The summed E-state index contributed by atoms with van der Waals surface area (Å²) in [7, 11) is 0. The summed E-state index contributed by atoms with van der Waals surface area (Å²) in [4.78, 5) is 28.0. The van der Waals surface area contributed by atoms with Crippen molar-refractivity contribution in [1.82, 2.24) is 0 Å². The number of halogens is 1. The number of esters is 1. The summed E-state index contributed by atoms with van der Waals surface area (Å²) in [6.07, 6.45) is -6.39. The molecule has 1 saturated heterocycles. The molecule has 1 aromatic heterocycles. The number of hydrogen-bond donors (Lipinski definition) is 3. The molecule has 0 radical (unpaired) electrons. The van der Waals surface area contributed by atoms with Crippen LogP contribution in [0.5, 0.6) is 28.7 Å². The van der Waals surface area contributed by atoms with Gasteiger partial charge in [0.25, 0.3) is 0 Å². The number of hydrogen-bond acceptors (Lipinski definition) is 13. The molecule has 3 heterocycles. The van der Waals surface area contributed by atoms with Crippen LogP contribution in [0.3, 0.4) is 0 Å². The van der Waals surface area contributed by atoms with Crippen LogP contribution in [-0.4, -0.2) is 58.6 Å². The Morgan fingerprint density at radius 1 is 0.662 bits per heavy atom. The summed E-state index contributed by atoms with van der Waals surface area (Å²) in [6, 6.07) is 51.2. The highest BCUT2D eigenvalue weighted by Crippen LogP contribution is 2.50. The highest BCUT2D eigenvalue weighted by atomic mass is 19.1. The molecule has 0 bridgehead atoms. The van der Waals surface area contributed by atoms with Gasteiger partial charge in [0.2, 0.25) is 17.5 Å². The fourth-order valence-corrected chi connectivity index (χ4v) is 8.29. The molecule has 0 amide bonds. The molecule has 13 nitrogen and oxygen atoms in total. The van der Waals surface area contributed by atoms with Crippen molar-refractivity contribution in [2.75, 3.05) is 6.61 Å². The van der Waals surface area contributed by atoms with E-state index in [1.807, 2.05) is 121 Å². The quantitative estimate of drug-likeness (QED) is 0.0658. The van der Waals surface area contributed by atoms with Gasteiger partial charge < -0.3 is 52.9 Å². The first-order valence-corrected chi connectivity index (χ1v) is 22.7. The lowest BCUT2D eigenvalue weighted by atomic mass is 9.97.